The van der Waals surface area contributed by atoms with Gasteiger partial charge < -0.3 is 14.5 Å². The quantitative estimate of drug-likeness (QED) is 0.570. The Balaban J connectivity index is 1.91. The smallest absolute Gasteiger partial charge is 0.306 e. The summed E-state index contributed by atoms with van der Waals surface area (Å²) in [5, 5.41) is 0. The molecule has 2 rings (SSSR count). The van der Waals surface area contributed by atoms with Gasteiger partial charge in [0.25, 0.3) is 0 Å². The van der Waals surface area contributed by atoms with E-state index in [1.165, 1.54) is 24.8 Å². The van der Waals surface area contributed by atoms with Crippen LogP contribution in [0.15, 0.2) is 24.3 Å². The number of nitrogens with zero attached hydrogens (tertiary/aromatic N) is 2. The molecular formula is C23H36N2O3. The van der Waals surface area contributed by atoms with Crippen molar-refractivity contribution >= 4 is 11.9 Å². The predicted molar refractivity (Wildman–Crippen MR) is 112 cm³/mol. The van der Waals surface area contributed by atoms with Crippen LogP contribution in [-0.2, 0) is 20.9 Å². The van der Waals surface area contributed by atoms with Gasteiger partial charge in [-0.15, -0.1) is 0 Å². The van der Waals surface area contributed by atoms with Crippen LogP contribution in [0.25, 0.3) is 0 Å². The molecule has 1 heterocycles. The summed E-state index contributed by atoms with van der Waals surface area (Å²) in [6.07, 6.45) is 5.19. The van der Waals surface area contributed by atoms with Crippen molar-refractivity contribution in [3.63, 3.8) is 0 Å². The predicted octanol–water partition coefficient (Wildman–Crippen LogP) is 3.93. The van der Waals surface area contributed by atoms with Crippen molar-refractivity contribution in [2.24, 2.45) is 0 Å². The lowest BCUT2D eigenvalue weighted by Crippen LogP contribution is -2.40. The van der Waals surface area contributed by atoms with Gasteiger partial charge in [0.2, 0.25) is 5.91 Å². The first-order valence-corrected chi connectivity index (χ1v) is 10.7. The topological polar surface area (TPSA) is 49.9 Å². The average molecular weight is 389 g/mol. The molecule has 1 atom stereocenters. The summed E-state index contributed by atoms with van der Waals surface area (Å²) in [5.41, 5.74) is 2.34. The number of rotatable bonds is 10. The largest absolute Gasteiger partial charge is 0.466 e. The number of hydrogen-bond acceptors (Lipinski definition) is 4. The first-order valence-electron chi connectivity index (χ1n) is 10.7. The van der Waals surface area contributed by atoms with Crippen LogP contribution in [0, 0.1) is 6.92 Å². The SMILES string of the molecule is CCOC(=O)CCC(=O)N(CCCN1CCCCC1C)Cc1ccc(C)cc1. The van der Waals surface area contributed by atoms with Gasteiger partial charge in [-0.1, -0.05) is 36.2 Å². The summed E-state index contributed by atoms with van der Waals surface area (Å²) < 4.78 is 4.96. The van der Waals surface area contributed by atoms with Gasteiger partial charge in [-0.2, -0.15) is 0 Å². The van der Waals surface area contributed by atoms with E-state index in [1.807, 2.05) is 4.90 Å². The number of carbonyl (C=O) groups excluding carboxylic acids is 2. The molecule has 5 heteroatoms. The van der Waals surface area contributed by atoms with Crippen molar-refractivity contribution in [2.45, 2.75) is 71.9 Å². The van der Waals surface area contributed by atoms with Crippen LogP contribution >= 0.6 is 0 Å². The molecule has 1 unspecified atom stereocenters. The third-order valence-corrected chi connectivity index (χ3v) is 5.51. The van der Waals surface area contributed by atoms with E-state index in [0.29, 0.717) is 19.2 Å². The van der Waals surface area contributed by atoms with Gasteiger partial charge in [-0.05, 0) is 52.1 Å². The van der Waals surface area contributed by atoms with Gasteiger partial charge in [-0.3, -0.25) is 9.59 Å². The Labute approximate surface area is 170 Å². The number of aryl methyl sites for hydroxylation is 1. The number of amides is 1. The van der Waals surface area contributed by atoms with E-state index in [-0.39, 0.29) is 24.7 Å². The number of carbonyl (C=O) groups is 2. The fraction of sp³-hybridized carbons (Fsp3) is 0.652. The number of likely N-dealkylation sites (tertiary alicyclic amines) is 1. The lowest BCUT2D eigenvalue weighted by Gasteiger charge is -2.34. The molecule has 5 nitrogen and oxygen atoms in total. The molecule has 0 spiro atoms. The van der Waals surface area contributed by atoms with E-state index in [4.69, 9.17) is 4.74 Å². The molecule has 1 amide bonds. The van der Waals surface area contributed by atoms with Crippen LogP contribution in [-0.4, -0.2) is 54.0 Å². The minimum atomic E-state index is -0.298. The first-order chi connectivity index (χ1) is 13.5. The number of ether oxygens (including phenoxy) is 1. The summed E-state index contributed by atoms with van der Waals surface area (Å²) in [6.45, 7) is 10.0. The van der Waals surface area contributed by atoms with Crippen molar-refractivity contribution in [2.75, 3.05) is 26.2 Å². The summed E-state index contributed by atoms with van der Waals surface area (Å²) in [5.74, 6) is -0.270. The third kappa shape index (κ3) is 7.63. The maximum atomic E-state index is 12.8. The molecule has 0 aromatic heterocycles. The average Bonchev–Trinajstić information content (AvgIpc) is 2.68. The lowest BCUT2D eigenvalue weighted by atomic mass is 10.0. The fourth-order valence-corrected chi connectivity index (χ4v) is 3.76. The molecule has 0 radical (unpaired) electrons. The van der Waals surface area contributed by atoms with Gasteiger partial charge in [-0.25, -0.2) is 0 Å². The van der Waals surface area contributed by atoms with Gasteiger partial charge in [0.15, 0.2) is 0 Å². The highest BCUT2D eigenvalue weighted by molar-refractivity contribution is 5.81. The zero-order valence-electron chi connectivity index (χ0n) is 17.8. The van der Waals surface area contributed by atoms with Crippen LogP contribution in [0.2, 0.25) is 0 Å². The maximum Gasteiger partial charge on any atom is 0.306 e. The second-order valence-electron chi connectivity index (χ2n) is 7.84. The van der Waals surface area contributed by atoms with Crippen LogP contribution in [0.4, 0.5) is 0 Å². The minimum absolute atomic E-state index is 0.0281. The summed E-state index contributed by atoms with van der Waals surface area (Å²) in [4.78, 5) is 28.8. The highest BCUT2D eigenvalue weighted by atomic mass is 16.5. The number of esters is 1. The van der Waals surface area contributed by atoms with Crippen molar-refractivity contribution < 1.29 is 14.3 Å². The summed E-state index contributed by atoms with van der Waals surface area (Å²) in [6, 6.07) is 8.94. The third-order valence-electron chi connectivity index (χ3n) is 5.51. The first kappa shape index (κ1) is 22.4. The zero-order valence-corrected chi connectivity index (χ0v) is 17.8. The molecular weight excluding hydrogens is 352 g/mol. The monoisotopic (exact) mass is 388 g/mol. The summed E-state index contributed by atoms with van der Waals surface area (Å²) in [7, 11) is 0. The second-order valence-corrected chi connectivity index (χ2v) is 7.84. The van der Waals surface area contributed by atoms with Gasteiger partial charge in [0.1, 0.15) is 0 Å². The van der Waals surface area contributed by atoms with Gasteiger partial charge >= 0.3 is 5.97 Å². The Bertz CT molecular complexity index is 615. The highest BCUT2D eigenvalue weighted by Gasteiger charge is 2.20. The normalized spacial score (nSPS) is 17.3. The molecule has 0 aliphatic carbocycles. The van der Waals surface area contributed by atoms with E-state index in [0.717, 1.165) is 31.6 Å². The number of benzene rings is 1. The van der Waals surface area contributed by atoms with E-state index < -0.39 is 0 Å². The number of hydrogen-bond donors (Lipinski definition) is 0. The van der Waals surface area contributed by atoms with Crippen molar-refractivity contribution in [3.05, 3.63) is 35.4 Å². The molecule has 1 aromatic carbocycles. The Kier molecular flexibility index (Phi) is 9.48. The number of piperidine rings is 1. The molecule has 156 valence electrons. The molecule has 28 heavy (non-hydrogen) atoms. The Morgan fingerprint density at radius 2 is 1.93 bits per heavy atom. The van der Waals surface area contributed by atoms with Gasteiger partial charge in [0, 0.05) is 32.1 Å². The molecule has 0 N–H and O–H groups in total. The van der Waals surface area contributed by atoms with E-state index >= 15 is 0 Å². The molecule has 1 fully saturated rings. The Morgan fingerprint density at radius 3 is 2.61 bits per heavy atom. The van der Waals surface area contributed by atoms with Crippen LogP contribution in [0.5, 0.6) is 0 Å². The summed E-state index contributed by atoms with van der Waals surface area (Å²) >= 11 is 0. The Hall–Kier alpha value is -1.88. The molecule has 0 saturated carbocycles. The van der Waals surface area contributed by atoms with Crippen LogP contribution < -0.4 is 0 Å². The highest BCUT2D eigenvalue weighted by Crippen LogP contribution is 2.17. The Morgan fingerprint density at radius 1 is 1.18 bits per heavy atom. The van der Waals surface area contributed by atoms with E-state index in [1.54, 1.807) is 6.92 Å². The molecule has 1 aliphatic heterocycles. The van der Waals surface area contributed by atoms with Crippen LogP contribution in [0.3, 0.4) is 0 Å². The van der Waals surface area contributed by atoms with Crippen LogP contribution in [0.1, 0.15) is 63.5 Å². The lowest BCUT2D eigenvalue weighted by molar-refractivity contribution is -0.145. The van der Waals surface area contributed by atoms with Crippen molar-refractivity contribution in [1.82, 2.24) is 9.80 Å². The molecule has 1 aliphatic rings. The standard InChI is InChI=1S/C23H36N2O3/c1-4-28-23(27)14-13-22(26)25(18-21-11-9-19(2)10-12-21)17-7-16-24-15-6-5-8-20(24)3/h9-12,20H,4-8,13-18H2,1-3H3. The second kappa shape index (κ2) is 11.8. The van der Waals surface area contributed by atoms with E-state index in [9.17, 15) is 9.59 Å². The molecule has 1 aromatic rings. The maximum absolute atomic E-state index is 12.8. The minimum Gasteiger partial charge on any atom is -0.466 e. The van der Waals surface area contributed by atoms with Crippen molar-refractivity contribution in [3.8, 4) is 0 Å². The van der Waals surface area contributed by atoms with E-state index in [2.05, 4.69) is 43.0 Å². The molecule has 0 bridgehead atoms. The fourth-order valence-electron chi connectivity index (χ4n) is 3.76. The van der Waals surface area contributed by atoms with Gasteiger partial charge in [0.05, 0.1) is 13.0 Å². The molecule has 1 saturated heterocycles. The zero-order chi connectivity index (χ0) is 20.4. The van der Waals surface area contributed by atoms with Crippen molar-refractivity contribution in [1.29, 1.82) is 0 Å².